The van der Waals surface area contributed by atoms with Gasteiger partial charge in [-0.2, -0.15) is 0 Å². The van der Waals surface area contributed by atoms with Crippen molar-refractivity contribution in [3.05, 3.63) is 23.3 Å². The fourth-order valence-electron chi connectivity index (χ4n) is 1.78. The minimum absolute atomic E-state index is 1.20. The van der Waals surface area contributed by atoms with E-state index >= 15 is 0 Å². The molecule has 0 saturated carbocycles. The predicted molar refractivity (Wildman–Crippen MR) is 64.3 cm³/mol. The molecule has 69 valence electrons. The first kappa shape index (κ1) is 10.7. The number of benzene rings is 1. The molecule has 0 spiro atoms. The highest BCUT2D eigenvalue weighted by Crippen LogP contribution is 2.08. The molecule has 0 nitrogen and oxygen atoms in total. The molecule has 0 N–H and O–H groups in total. The van der Waals surface area contributed by atoms with E-state index in [9.17, 15) is 0 Å². The lowest BCUT2D eigenvalue weighted by Gasteiger charge is -2.23. The summed E-state index contributed by atoms with van der Waals surface area (Å²) >= 11 is 0. The summed E-state index contributed by atoms with van der Waals surface area (Å²) in [6, 6.07) is 4.36. The van der Waals surface area contributed by atoms with Crippen LogP contribution in [0.2, 0.25) is 19.6 Å². The Morgan fingerprint density at radius 2 is 1.62 bits per heavy atom. The first-order valence-corrected chi connectivity index (χ1v) is 8.66. The molecule has 1 aromatic carbocycles. The molecule has 0 aromatic heterocycles. The lowest BCUT2D eigenvalue weighted by atomic mass is 10.1. The van der Waals surface area contributed by atoms with Gasteiger partial charge in [0.15, 0.2) is 0 Å². The van der Waals surface area contributed by atoms with Crippen molar-refractivity contribution >= 4 is 28.7 Å². The van der Waals surface area contributed by atoms with Gasteiger partial charge in [0.1, 0.15) is 0 Å². The summed E-state index contributed by atoms with van der Waals surface area (Å²) in [5.41, 5.74) is 2.87. The predicted octanol–water partition coefficient (Wildman–Crippen LogP) is 1.64. The summed E-state index contributed by atoms with van der Waals surface area (Å²) in [6.07, 6.45) is 0. The normalized spacial score (nSPS) is 11.8. The van der Waals surface area contributed by atoms with Crippen molar-refractivity contribution in [2.24, 2.45) is 0 Å². The van der Waals surface area contributed by atoms with Gasteiger partial charge in [0.2, 0.25) is 0 Å². The Hall–Kier alpha value is -0.346. The standard InChI is InChI=1S/C11H17Si2/c1-8-6-7-10(12)11(9(8)2)13(3,4)5/h6-7H,1-5H3. The number of hydrogen-bond acceptors (Lipinski definition) is 0. The highest BCUT2D eigenvalue weighted by Gasteiger charge is 2.21. The van der Waals surface area contributed by atoms with Gasteiger partial charge in [0.05, 0.1) is 18.3 Å². The van der Waals surface area contributed by atoms with Crippen LogP contribution in [0.15, 0.2) is 12.1 Å². The maximum absolute atomic E-state index is 3.70. The van der Waals surface area contributed by atoms with E-state index in [1.807, 2.05) is 0 Å². The molecule has 3 radical (unpaired) electrons. The largest absolute Gasteiger partial charge is 0.0777 e. The van der Waals surface area contributed by atoms with Crippen LogP contribution in [0.25, 0.3) is 0 Å². The average molecular weight is 205 g/mol. The van der Waals surface area contributed by atoms with Crippen LogP contribution in [0.5, 0.6) is 0 Å². The maximum Gasteiger partial charge on any atom is 0.0777 e. The molecule has 0 aliphatic carbocycles. The third kappa shape index (κ3) is 2.12. The minimum atomic E-state index is -1.20. The fourth-order valence-corrected chi connectivity index (χ4v) is 5.39. The molecule has 0 fully saturated rings. The van der Waals surface area contributed by atoms with E-state index in [1.54, 1.807) is 5.19 Å². The molecular formula is C11H17Si2. The smallest absolute Gasteiger partial charge is 0.0678 e. The van der Waals surface area contributed by atoms with Crippen molar-refractivity contribution in [3.63, 3.8) is 0 Å². The van der Waals surface area contributed by atoms with E-state index in [-0.39, 0.29) is 0 Å². The third-order valence-corrected chi connectivity index (χ3v) is 5.30. The molecule has 1 aromatic rings. The quantitative estimate of drug-likeness (QED) is 0.612. The lowest BCUT2D eigenvalue weighted by Crippen LogP contribution is -2.48. The van der Waals surface area contributed by atoms with Crippen LogP contribution in [0.1, 0.15) is 11.1 Å². The summed E-state index contributed by atoms with van der Waals surface area (Å²) in [5.74, 6) is 0. The maximum atomic E-state index is 3.70. The number of hydrogen-bond donors (Lipinski definition) is 0. The third-order valence-electron chi connectivity index (χ3n) is 2.49. The second-order valence-corrected chi connectivity index (χ2v) is 10.2. The van der Waals surface area contributed by atoms with Gasteiger partial charge in [0.25, 0.3) is 0 Å². The van der Waals surface area contributed by atoms with Crippen LogP contribution in [-0.2, 0) is 0 Å². The van der Waals surface area contributed by atoms with Crippen molar-refractivity contribution < 1.29 is 0 Å². The Morgan fingerprint density at radius 1 is 1.08 bits per heavy atom. The van der Waals surface area contributed by atoms with Crippen LogP contribution in [0.3, 0.4) is 0 Å². The molecule has 0 amide bonds. The minimum Gasteiger partial charge on any atom is -0.0678 e. The molecule has 1 rings (SSSR count). The summed E-state index contributed by atoms with van der Waals surface area (Å²) < 4.78 is 0. The molecule has 0 aliphatic rings. The van der Waals surface area contributed by atoms with Gasteiger partial charge in [-0.3, -0.25) is 0 Å². The van der Waals surface area contributed by atoms with Gasteiger partial charge in [-0.25, -0.2) is 0 Å². The summed E-state index contributed by atoms with van der Waals surface area (Å²) in [4.78, 5) is 0. The Labute approximate surface area is 85.8 Å². The van der Waals surface area contributed by atoms with Gasteiger partial charge in [-0.1, -0.05) is 42.1 Å². The second kappa shape index (κ2) is 3.42. The Kier molecular flexibility index (Phi) is 2.83. The summed E-state index contributed by atoms with van der Waals surface area (Å²) in [5, 5.41) is 2.84. The SMILES string of the molecule is Cc1ccc([Si])c([Si](C)(C)C)c1C. The zero-order chi connectivity index (χ0) is 10.2. The topological polar surface area (TPSA) is 0 Å². The molecule has 13 heavy (non-hydrogen) atoms. The van der Waals surface area contributed by atoms with E-state index in [0.29, 0.717) is 0 Å². The fraction of sp³-hybridized carbons (Fsp3) is 0.455. The Balaban J connectivity index is 3.43. The van der Waals surface area contributed by atoms with Crippen molar-refractivity contribution in [2.75, 3.05) is 0 Å². The molecule has 0 saturated heterocycles. The highest BCUT2D eigenvalue weighted by atomic mass is 28.3. The van der Waals surface area contributed by atoms with Crippen LogP contribution in [0.4, 0.5) is 0 Å². The summed E-state index contributed by atoms with van der Waals surface area (Å²) in [6.45, 7) is 11.6. The molecule has 0 heterocycles. The van der Waals surface area contributed by atoms with Crippen molar-refractivity contribution in [1.82, 2.24) is 0 Å². The monoisotopic (exact) mass is 205 g/mol. The van der Waals surface area contributed by atoms with Crippen molar-refractivity contribution in [2.45, 2.75) is 33.5 Å². The van der Waals surface area contributed by atoms with E-state index < -0.39 is 8.07 Å². The van der Waals surface area contributed by atoms with Gasteiger partial charge >= 0.3 is 0 Å². The molecule has 0 aliphatic heterocycles. The zero-order valence-electron chi connectivity index (χ0n) is 9.15. The molecule has 0 bridgehead atoms. The molecule has 0 atom stereocenters. The van der Waals surface area contributed by atoms with E-state index in [4.69, 9.17) is 0 Å². The van der Waals surface area contributed by atoms with Crippen molar-refractivity contribution in [3.8, 4) is 0 Å². The van der Waals surface area contributed by atoms with E-state index in [1.165, 1.54) is 16.3 Å². The van der Waals surface area contributed by atoms with Crippen molar-refractivity contribution in [1.29, 1.82) is 0 Å². The van der Waals surface area contributed by atoms with Crippen LogP contribution in [-0.4, -0.2) is 18.3 Å². The van der Waals surface area contributed by atoms with Crippen LogP contribution in [0, 0.1) is 13.8 Å². The van der Waals surface area contributed by atoms with Gasteiger partial charge in [-0.15, -0.1) is 0 Å². The van der Waals surface area contributed by atoms with E-state index in [0.717, 1.165) is 0 Å². The lowest BCUT2D eigenvalue weighted by molar-refractivity contribution is 1.37. The molecule has 2 heteroatoms. The van der Waals surface area contributed by atoms with E-state index in [2.05, 4.69) is 55.9 Å². The molecule has 0 unspecified atom stereocenters. The summed E-state index contributed by atoms with van der Waals surface area (Å²) in [7, 11) is 2.50. The van der Waals surface area contributed by atoms with Crippen LogP contribution < -0.4 is 10.4 Å². The van der Waals surface area contributed by atoms with Gasteiger partial charge in [-0.05, 0) is 25.0 Å². The zero-order valence-corrected chi connectivity index (χ0v) is 11.2. The number of aryl methyl sites for hydroxylation is 1. The van der Waals surface area contributed by atoms with Gasteiger partial charge in [0, 0.05) is 0 Å². The van der Waals surface area contributed by atoms with Gasteiger partial charge < -0.3 is 0 Å². The second-order valence-electron chi connectivity index (χ2n) is 4.68. The highest BCUT2D eigenvalue weighted by molar-refractivity contribution is 6.91. The Morgan fingerprint density at radius 3 is 2.00 bits per heavy atom. The first-order valence-electron chi connectivity index (χ1n) is 4.66. The average Bonchev–Trinajstić information content (AvgIpc) is 1.95. The Bertz CT molecular complexity index is 322. The molecular weight excluding hydrogens is 188 g/mol. The van der Waals surface area contributed by atoms with Crippen LogP contribution >= 0.6 is 0 Å². The number of rotatable bonds is 1. The first-order chi connectivity index (χ1) is 5.84.